The Morgan fingerprint density at radius 2 is 2.57 bits per heavy atom. The maximum Gasteiger partial charge on any atom is 0.115 e. The van der Waals surface area contributed by atoms with Crippen molar-refractivity contribution in [1.29, 1.82) is 0 Å². The molecule has 0 aromatic rings. The van der Waals surface area contributed by atoms with Gasteiger partial charge in [-0.05, 0) is 19.0 Å². The quantitative estimate of drug-likeness (QED) is 0.498. The van der Waals surface area contributed by atoms with E-state index in [4.69, 9.17) is 0 Å². The molecule has 1 heterocycles. The van der Waals surface area contributed by atoms with Crippen molar-refractivity contribution in [2.24, 2.45) is 0 Å². The van der Waals surface area contributed by atoms with Crippen LogP contribution in [0, 0.1) is 0 Å². The van der Waals surface area contributed by atoms with Crippen molar-refractivity contribution in [3.8, 4) is 0 Å². The second kappa shape index (κ2) is 2.64. The summed E-state index contributed by atoms with van der Waals surface area (Å²) in [6.45, 7) is 3.61. The van der Waals surface area contributed by atoms with Crippen molar-refractivity contribution in [2.75, 3.05) is 6.54 Å². The molecule has 0 unspecified atom stereocenters. The van der Waals surface area contributed by atoms with Gasteiger partial charge in [0, 0.05) is 9.04 Å². The summed E-state index contributed by atoms with van der Waals surface area (Å²) < 4.78 is 0. The molecule has 3 heteroatoms. The molecule has 7 heavy (non-hydrogen) atoms. The fourth-order valence-corrected chi connectivity index (χ4v) is 4.60. The summed E-state index contributed by atoms with van der Waals surface area (Å²) in [6, 6.07) is 1.51. The van der Waals surface area contributed by atoms with E-state index in [2.05, 4.69) is 11.5 Å². The van der Waals surface area contributed by atoms with Crippen LogP contribution in [0.25, 0.3) is 0 Å². The van der Waals surface area contributed by atoms with E-state index < -0.39 is 0 Å². The van der Waals surface area contributed by atoms with Crippen molar-refractivity contribution in [3.63, 3.8) is 0 Å². The maximum atomic E-state index is 3.52. The molecular formula is C4H10NSi2. The van der Waals surface area contributed by atoms with Gasteiger partial charge >= 0.3 is 0 Å². The summed E-state index contributed by atoms with van der Waals surface area (Å²) in [6.07, 6.45) is 1.44. The summed E-state index contributed by atoms with van der Waals surface area (Å²) in [7, 11) is 1.23. The van der Waals surface area contributed by atoms with E-state index in [1.165, 1.54) is 28.0 Å². The summed E-state index contributed by atoms with van der Waals surface area (Å²) in [4.78, 5) is 3.52. The van der Waals surface area contributed by atoms with Crippen LogP contribution < -0.4 is 4.98 Å². The van der Waals surface area contributed by atoms with Gasteiger partial charge in [-0.15, -0.1) is 0 Å². The molecule has 3 radical (unpaired) electrons. The lowest BCUT2D eigenvalue weighted by molar-refractivity contribution is 0.932. The van der Waals surface area contributed by atoms with Gasteiger partial charge in [0.1, 0.15) is 8.48 Å². The average molecular weight is 128 g/mol. The van der Waals surface area contributed by atoms with E-state index in [-0.39, 0.29) is 8.48 Å². The van der Waals surface area contributed by atoms with Crippen LogP contribution in [0.5, 0.6) is 0 Å². The van der Waals surface area contributed by atoms with E-state index >= 15 is 0 Å². The Labute approximate surface area is 48.8 Å². The molecule has 1 aliphatic heterocycles. The van der Waals surface area contributed by atoms with Crippen molar-refractivity contribution >= 4 is 17.5 Å². The molecular weight excluding hydrogens is 118 g/mol. The number of nitrogens with one attached hydrogen (secondary N) is 1. The average Bonchev–Trinajstić information content (AvgIpc) is 2.14. The lowest BCUT2D eigenvalue weighted by Crippen LogP contribution is -2.31. The van der Waals surface area contributed by atoms with Gasteiger partial charge in [-0.25, -0.2) is 0 Å². The van der Waals surface area contributed by atoms with Gasteiger partial charge in [-0.3, -0.25) is 0 Å². The first-order valence-electron chi connectivity index (χ1n) is 2.71. The fraction of sp³-hybridized carbons (Fsp3) is 1.00. The number of rotatable bonds is 1. The largest absolute Gasteiger partial charge is 0.340 e. The van der Waals surface area contributed by atoms with E-state index in [0.29, 0.717) is 0 Å². The monoisotopic (exact) mass is 128 g/mol. The van der Waals surface area contributed by atoms with E-state index in [0.717, 1.165) is 0 Å². The van der Waals surface area contributed by atoms with Crippen LogP contribution in [0.1, 0.15) is 6.42 Å². The molecule has 1 N–H and O–H groups in total. The molecule has 0 amide bonds. The molecule has 0 aliphatic carbocycles. The third kappa shape index (κ3) is 1.40. The predicted molar refractivity (Wildman–Crippen MR) is 34.8 cm³/mol. The molecule has 0 bridgehead atoms. The van der Waals surface area contributed by atoms with Gasteiger partial charge in [0.15, 0.2) is 0 Å². The Bertz CT molecular complexity index is 51.7. The molecule has 0 aromatic heterocycles. The van der Waals surface area contributed by atoms with Crippen molar-refractivity contribution < 1.29 is 0 Å². The SMILES string of the molecule is C[Si][Si]1CCCN1. The highest BCUT2D eigenvalue weighted by Crippen LogP contribution is 1.99. The Kier molecular flexibility index (Phi) is 2.09. The lowest BCUT2D eigenvalue weighted by atomic mass is 10.5. The smallest absolute Gasteiger partial charge is 0.115 e. The van der Waals surface area contributed by atoms with Crippen LogP contribution in [0.3, 0.4) is 0 Å². The predicted octanol–water partition coefficient (Wildman–Crippen LogP) is 0.220. The van der Waals surface area contributed by atoms with Crippen LogP contribution in [0.4, 0.5) is 0 Å². The van der Waals surface area contributed by atoms with Gasteiger partial charge in [-0.1, -0.05) is 6.55 Å². The van der Waals surface area contributed by atoms with Crippen molar-refractivity contribution in [2.45, 2.75) is 19.0 Å². The molecule has 0 spiro atoms. The first kappa shape index (κ1) is 5.53. The topological polar surface area (TPSA) is 12.0 Å². The third-order valence-corrected chi connectivity index (χ3v) is 6.47. The molecule has 1 rings (SSSR count). The summed E-state index contributed by atoms with van der Waals surface area (Å²) in [5, 5.41) is 0. The molecule has 0 aromatic carbocycles. The van der Waals surface area contributed by atoms with Gasteiger partial charge in [0.2, 0.25) is 0 Å². The molecule has 1 aliphatic rings. The highest BCUT2D eigenvalue weighted by Gasteiger charge is 2.13. The minimum Gasteiger partial charge on any atom is -0.340 e. The normalized spacial score (nSPS) is 23.6. The minimum absolute atomic E-state index is 0.0262. The summed E-state index contributed by atoms with van der Waals surface area (Å²) in [5.41, 5.74) is 0. The zero-order valence-corrected chi connectivity index (χ0v) is 6.62. The summed E-state index contributed by atoms with van der Waals surface area (Å²) >= 11 is 0. The Hall–Kier alpha value is 0.394. The third-order valence-electron chi connectivity index (χ3n) is 1.24. The first-order valence-corrected chi connectivity index (χ1v) is 6.91. The van der Waals surface area contributed by atoms with E-state index in [9.17, 15) is 0 Å². The highest BCUT2D eigenvalue weighted by atomic mass is 29.2. The van der Waals surface area contributed by atoms with Gasteiger partial charge < -0.3 is 4.98 Å². The molecule has 1 fully saturated rings. The first-order chi connectivity index (χ1) is 3.43. The van der Waals surface area contributed by atoms with Crippen LogP contribution >= 0.6 is 0 Å². The second-order valence-corrected chi connectivity index (χ2v) is 7.38. The number of hydrogen-bond donors (Lipinski definition) is 1. The van der Waals surface area contributed by atoms with Crippen molar-refractivity contribution in [3.05, 3.63) is 0 Å². The molecule has 39 valence electrons. The maximum absolute atomic E-state index is 3.52. The molecule has 0 atom stereocenters. The Morgan fingerprint density at radius 3 is 2.86 bits per heavy atom. The zero-order valence-electron chi connectivity index (χ0n) is 4.62. The second-order valence-electron chi connectivity index (χ2n) is 1.76. The van der Waals surface area contributed by atoms with Gasteiger partial charge in [-0.2, -0.15) is 0 Å². The Balaban J connectivity index is 2.14. The fourth-order valence-electron chi connectivity index (χ4n) is 0.806. The van der Waals surface area contributed by atoms with Gasteiger partial charge in [0.25, 0.3) is 0 Å². The van der Waals surface area contributed by atoms with E-state index in [1.54, 1.807) is 0 Å². The zero-order chi connectivity index (χ0) is 5.11. The lowest BCUT2D eigenvalue weighted by Gasteiger charge is -1.97. The molecule has 0 saturated carbocycles. The van der Waals surface area contributed by atoms with Crippen LogP contribution in [0.15, 0.2) is 0 Å². The van der Waals surface area contributed by atoms with Gasteiger partial charge in [0.05, 0.1) is 0 Å². The Morgan fingerprint density at radius 1 is 1.71 bits per heavy atom. The van der Waals surface area contributed by atoms with Crippen LogP contribution in [-0.2, 0) is 0 Å². The van der Waals surface area contributed by atoms with Crippen LogP contribution in [0.2, 0.25) is 12.6 Å². The molecule has 1 saturated heterocycles. The summed E-state index contributed by atoms with van der Waals surface area (Å²) in [5.74, 6) is 0. The standard InChI is InChI=1S/C4H10NSi2/c1-6-7-4-2-3-5-7/h5H,2-4H2,1H3. The minimum atomic E-state index is 0.0262. The molecule has 1 nitrogen and oxygen atoms in total. The van der Waals surface area contributed by atoms with E-state index in [1.807, 2.05) is 0 Å². The number of hydrogen-bond acceptors (Lipinski definition) is 1. The highest BCUT2D eigenvalue weighted by molar-refractivity contribution is 7.10. The van der Waals surface area contributed by atoms with Crippen molar-refractivity contribution in [1.82, 2.24) is 4.98 Å². The van der Waals surface area contributed by atoms with Crippen LogP contribution in [-0.4, -0.2) is 24.1 Å².